The minimum absolute atomic E-state index is 0.777. The third kappa shape index (κ3) is 3.03. The van der Waals surface area contributed by atoms with E-state index in [1.807, 2.05) is 17.6 Å². The number of aryl methyl sites for hydroxylation is 1. The number of rotatable bonds is 4. The summed E-state index contributed by atoms with van der Waals surface area (Å²) < 4.78 is 0. The Kier molecular flexibility index (Phi) is 4.46. The maximum atomic E-state index is 4.78. The lowest BCUT2D eigenvalue weighted by atomic mass is 9.89. The van der Waals surface area contributed by atoms with E-state index in [9.17, 15) is 0 Å². The summed E-state index contributed by atoms with van der Waals surface area (Å²) in [6.07, 6.45) is 5.64. The molecule has 3 aromatic rings. The first-order valence-corrected chi connectivity index (χ1v) is 10.4. The highest BCUT2D eigenvalue weighted by Crippen LogP contribution is 2.40. The number of anilines is 1. The molecule has 1 aliphatic carbocycles. The predicted molar refractivity (Wildman–Crippen MR) is 104 cm³/mol. The monoisotopic (exact) mass is 355 g/mol. The Balaban J connectivity index is 1.75. The number of aromatic nitrogens is 2. The van der Waals surface area contributed by atoms with Gasteiger partial charge in [-0.05, 0) is 42.6 Å². The van der Waals surface area contributed by atoms with Crippen molar-refractivity contribution in [2.45, 2.75) is 37.9 Å². The predicted octanol–water partition coefficient (Wildman–Crippen LogP) is 5.15. The molecule has 0 unspecified atom stereocenters. The molecule has 0 aliphatic heterocycles. The number of hydrogen-bond acceptors (Lipinski definition) is 5. The van der Waals surface area contributed by atoms with E-state index in [1.54, 1.807) is 11.8 Å². The van der Waals surface area contributed by atoms with Crippen molar-refractivity contribution in [1.82, 2.24) is 9.97 Å². The first-order chi connectivity index (χ1) is 11.7. The Morgan fingerprint density at radius 1 is 1.25 bits per heavy atom. The molecule has 0 amide bonds. The fraction of sp³-hybridized carbons (Fsp3) is 0.368. The molecule has 2 heterocycles. The number of thioether (sulfide) groups is 1. The van der Waals surface area contributed by atoms with Gasteiger partial charge in [-0.15, -0.1) is 11.3 Å². The molecule has 0 saturated heterocycles. The van der Waals surface area contributed by atoms with Gasteiger partial charge in [0.1, 0.15) is 10.6 Å². The summed E-state index contributed by atoms with van der Waals surface area (Å²) in [4.78, 5) is 12.2. The third-order valence-corrected chi connectivity index (χ3v) is 6.32. The van der Waals surface area contributed by atoms with Crippen LogP contribution in [0.25, 0.3) is 10.2 Å². The molecule has 124 valence electrons. The lowest BCUT2D eigenvalue weighted by Gasteiger charge is -2.18. The van der Waals surface area contributed by atoms with Crippen LogP contribution in [0.3, 0.4) is 0 Å². The normalized spacial score (nSPS) is 17.0. The summed E-state index contributed by atoms with van der Waals surface area (Å²) in [7, 11) is 0. The van der Waals surface area contributed by atoms with Crippen LogP contribution in [0.15, 0.2) is 35.5 Å². The molecule has 5 heteroatoms. The lowest BCUT2D eigenvalue weighted by Crippen LogP contribution is -2.09. The van der Waals surface area contributed by atoms with E-state index in [1.165, 1.54) is 34.2 Å². The van der Waals surface area contributed by atoms with Crippen LogP contribution >= 0.6 is 23.1 Å². The second-order valence-electron chi connectivity index (χ2n) is 6.43. The van der Waals surface area contributed by atoms with Gasteiger partial charge in [0, 0.05) is 11.4 Å². The summed E-state index contributed by atoms with van der Waals surface area (Å²) in [5.74, 6) is 1.78. The van der Waals surface area contributed by atoms with Gasteiger partial charge in [0.15, 0.2) is 5.16 Å². The van der Waals surface area contributed by atoms with Crippen LogP contribution in [-0.2, 0) is 19.4 Å². The van der Waals surface area contributed by atoms with Gasteiger partial charge in [0.05, 0.1) is 5.39 Å². The van der Waals surface area contributed by atoms with E-state index in [0.717, 1.165) is 34.7 Å². The molecule has 1 aromatic carbocycles. The molecule has 0 bridgehead atoms. The van der Waals surface area contributed by atoms with Crippen molar-refractivity contribution in [1.29, 1.82) is 0 Å². The maximum Gasteiger partial charge on any atom is 0.190 e. The van der Waals surface area contributed by atoms with Gasteiger partial charge in [-0.25, -0.2) is 9.97 Å². The van der Waals surface area contributed by atoms with Crippen molar-refractivity contribution in [2.75, 3.05) is 11.6 Å². The molecule has 2 aromatic heterocycles. The van der Waals surface area contributed by atoms with Gasteiger partial charge in [-0.1, -0.05) is 49.0 Å². The van der Waals surface area contributed by atoms with Crippen LogP contribution in [0.5, 0.6) is 0 Å². The number of nitrogens with zero attached hydrogens (tertiary/aromatic N) is 2. The zero-order valence-corrected chi connectivity index (χ0v) is 15.6. The molecule has 24 heavy (non-hydrogen) atoms. The quantitative estimate of drug-likeness (QED) is 0.519. The number of thiophene rings is 1. The minimum Gasteiger partial charge on any atom is -0.365 e. The molecule has 1 N–H and O–H groups in total. The number of benzene rings is 1. The van der Waals surface area contributed by atoms with Gasteiger partial charge >= 0.3 is 0 Å². The number of hydrogen-bond donors (Lipinski definition) is 1. The minimum atomic E-state index is 0.777. The fourth-order valence-electron chi connectivity index (χ4n) is 3.32. The molecule has 0 spiro atoms. The molecule has 0 radical (unpaired) electrons. The fourth-order valence-corrected chi connectivity index (χ4v) is 5.13. The van der Waals surface area contributed by atoms with Crippen LogP contribution < -0.4 is 5.32 Å². The standard InChI is InChI=1S/C19H21N3S2/c1-12-8-9-14-15(10-12)24-18-16(14)17(21-19(22-18)23-2)20-11-13-6-4-3-5-7-13/h3-7,12H,8-11H2,1-2H3,(H,20,21,22)/t12-/m1/s1. The van der Waals surface area contributed by atoms with Gasteiger partial charge in [0.2, 0.25) is 0 Å². The Morgan fingerprint density at radius 3 is 2.88 bits per heavy atom. The van der Waals surface area contributed by atoms with Crippen molar-refractivity contribution < 1.29 is 0 Å². The molecule has 4 rings (SSSR count). The number of fused-ring (bicyclic) bond motifs is 3. The van der Waals surface area contributed by atoms with Crippen molar-refractivity contribution >= 4 is 39.1 Å². The first kappa shape index (κ1) is 15.9. The Labute approximate surface area is 150 Å². The van der Waals surface area contributed by atoms with Crippen molar-refractivity contribution in [2.24, 2.45) is 5.92 Å². The molecule has 0 fully saturated rings. The van der Waals surface area contributed by atoms with E-state index in [-0.39, 0.29) is 0 Å². The van der Waals surface area contributed by atoms with Crippen molar-refractivity contribution in [3.05, 3.63) is 46.3 Å². The van der Waals surface area contributed by atoms with Gasteiger partial charge in [0.25, 0.3) is 0 Å². The smallest absolute Gasteiger partial charge is 0.190 e. The molecule has 1 atom stereocenters. The van der Waals surface area contributed by atoms with Gasteiger partial charge in [-0.2, -0.15) is 0 Å². The molecular formula is C19H21N3S2. The Hall–Kier alpha value is -1.59. The van der Waals surface area contributed by atoms with Crippen molar-refractivity contribution in [3.63, 3.8) is 0 Å². The van der Waals surface area contributed by atoms with Gasteiger partial charge in [-0.3, -0.25) is 0 Å². The van der Waals surface area contributed by atoms with E-state index in [2.05, 4.69) is 42.6 Å². The second kappa shape index (κ2) is 6.73. The zero-order chi connectivity index (χ0) is 16.5. The summed E-state index contributed by atoms with van der Waals surface area (Å²) in [5.41, 5.74) is 2.75. The summed E-state index contributed by atoms with van der Waals surface area (Å²) in [5, 5.41) is 5.68. The highest BCUT2D eigenvalue weighted by molar-refractivity contribution is 7.98. The van der Waals surface area contributed by atoms with E-state index >= 15 is 0 Å². The van der Waals surface area contributed by atoms with E-state index in [4.69, 9.17) is 9.97 Å². The van der Waals surface area contributed by atoms with Crippen LogP contribution in [-0.4, -0.2) is 16.2 Å². The maximum absolute atomic E-state index is 4.78. The lowest BCUT2D eigenvalue weighted by molar-refractivity contribution is 0.509. The summed E-state index contributed by atoms with van der Waals surface area (Å²) in [6, 6.07) is 10.5. The van der Waals surface area contributed by atoms with E-state index < -0.39 is 0 Å². The van der Waals surface area contributed by atoms with Crippen LogP contribution in [0.4, 0.5) is 5.82 Å². The Bertz CT molecular complexity index is 858. The van der Waals surface area contributed by atoms with Crippen molar-refractivity contribution in [3.8, 4) is 0 Å². The summed E-state index contributed by atoms with van der Waals surface area (Å²) in [6.45, 7) is 3.14. The highest BCUT2D eigenvalue weighted by Gasteiger charge is 2.23. The topological polar surface area (TPSA) is 37.8 Å². The Morgan fingerprint density at radius 2 is 2.08 bits per heavy atom. The van der Waals surface area contributed by atoms with Crippen LogP contribution in [0.2, 0.25) is 0 Å². The first-order valence-electron chi connectivity index (χ1n) is 8.38. The number of nitrogens with one attached hydrogen (secondary N) is 1. The molecule has 0 saturated carbocycles. The average molecular weight is 356 g/mol. The molecule has 1 aliphatic rings. The van der Waals surface area contributed by atoms with Gasteiger partial charge < -0.3 is 5.32 Å². The zero-order valence-electron chi connectivity index (χ0n) is 14.0. The summed E-state index contributed by atoms with van der Waals surface area (Å²) >= 11 is 3.47. The largest absolute Gasteiger partial charge is 0.365 e. The SMILES string of the molecule is CSc1nc(NCc2ccccc2)c2c3c(sc2n1)C[C@H](C)CC3. The average Bonchev–Trinajstić information content (AvgIpc) is 2.97. The van der Waals surface area contributed by atoms with Crippen LogP contribution in [0, 0.1) is 5.92 Å². The molecular weight excluding hydrogens is 334 g/mol. The third-order valence-electron chi connectivity index (χ3n) is 4.62. The second-order valence-corrected chi connectivity index (χ2v) is 8.29. The van der Waals surface area contributed by atoms with E-state index in [0.29, 0.717) is 0 Å². The van der Waals surface area contributed by atoms with Crippen LogP contribution in [0.1, 0.15) is 29.3 Å². The highest BCUT2D eigenvalue weighted by atomic mass is 32.2. The molecule has 3 nitrogen and oxygen atoms in total.